The third kappa shape index (κ3) is 5.03. The molecule has 0 bridgehead atoms. The fraction of sp³-hybridized carbons (Fsp3) is 0.500. The number of rotatable bonds is 7. The molecule has 10 heteroatoms. The van der Waals surface area contributed by atoms with E-state index in [-0.39, 0.29) is 18.3 Å². The second-order valence-corrected chi connectivity index (χ2v) is 6.88. The molecule has 1 atom stereocenters. The number of carbonyl (C=O) groups is 1. The molecule has 8 nitrogen and oxygen atoms in total. The van der Waals surface area contributed by atoms with Crippen molar-refractivity contribution in [3.8, 4) is 0 Å². The van der Waals surface area contributed by atoms with Crippen LogP contribution >= 0.6 is 23.7 Å². The first-order valence-corrected chi connectivity index (χ1v) is 9.06. The molecule has 0 saturated carbocycles. The number of thiophene rings is 1. The summed E-state index contributed by atoms with van der Waals surface area (Å²) in [5.41, 5.74) is 0.650. The van der Waals surface area contributed by atoms with Crippen LogP contribution in [0.25, 0.3) is 0 Å². The molecule has 1 unspecified atom stereocenters. The quantitative estimate of drug-likeness (QED) is 0.434. The molecule has 1 aliphatic rings. The first kappa shape index (κ1) is 20.3. The van der Waals surface area contributed by atoms with Gasteiger partial charge in [-0.25, -0.2) is 9.67 Å². The van der Waals surface area contributed by atoms with Crippen molar-refractivity contribution < 1.29 is 14.7 Å². The lowest BCUT2D eigenvalue weighted by Crippen LogP contribution is -2.40. The molecule has 142 valence electrons. The lowest BCUT2D eigenvalue weighted by Gasteiger charge is -2.29. The Kier molecular flexibility index (Phi) is 7.55. The first-order chi connectivity index (χ1) is 12.1. The second kappa shape index (κ2) is 9.65. The number of aryl methyl sites for hydroxylation is 1. The van der Waals surface area contributed by atoms with Crippen molar-refractivity contribution in [3.05, 3.63) is 34.5 Å². The number of halogens is 1. The molecule has 0 radical (unpaired) electrons. The Bertz CT molecular complexity index is 734. The number of oxime groups is 1. The van der Waals surface area contributed by atoms with Gasteiger partial charge in [-0.15, -0.1) is 23.7 Å². The number of hydrogen-bond acceptors (Lipinski definition) is 7. The maximum absolute atomic E-state index is 11.1. The molecular formula is C16H22ClN5O3S. The Balaban J connectivity index is 0.00000243. The Hall–Kier alpha value is -1.97. The van der Waals surface area contributed by atoms with E-state index in [1.807, 2.05) is 24.6 Å². The van der Waals surface area contributed by atoms with Gasteiger partial charge in [-0.05, 0) is 30.8 Å². The maximum Gasteiger partial charge on any atom is 0.307 e. The molecule has 2 aromatic rings. The minimum absolute atomic E-state index is 0. The highest BCUT2D eigenvalue weighted by molar-refractivity contribution is 7.12. The number of piperidine rings is 1. The third-order valence-electron chi connectivity index (χ3n) is 4.19. The summed E-state index contributed by atoms with van der Waals surface area (Å²) >= 11 is 1.56. The molecule has 0 amide bonds. The third-order valence-corrected chi connectivity index (χ3v) is 5.06. The van der Waals surface area contributed by atoms with Crippen LogP contribution in [0.2, 0.25) is 0 Å². The van der Waals surface area contributed by atoms with Crippen LogP contribution in [0, 0.1) is 5.92 Å². The number of likely N-dealkylation sites (tertiary alicyclic amines) is 1. The number of aromatic nitrogens is 3. The van der Waals surface area contributed by atoms with Crippen molar-refractivity contribution in [2.24, 2.45) is 18.1 Å². The average molecular weight is 400 g/mol. The molecule has 0 aromatic carbocycles. The minimum atomic E-state index is -0.717. The van der Waals surface area contributed by atoms with Gasteiger partial charge < -0.3 is 9.94 Å². The van der Waals surface area contributed by atoms with Gasteiger partial charge in [0.05, 0.1) is 10.8 Å². The predicted molar refractivity (Wildman–Crippen MR) is 101 cm³/mol. The van der Waals surface area contributed by atoms with E-state index in [1.165, 1.54) is 6.33 Å². The van der Waals surface area contributed by atoms with Gasteiger partial charge in [-0.2, -0.15) is 5.10 Å². The molecule has 2 aromatic heterocycles. The number of hydrogen-bond donors (Lipinski definition) is 1. The molecule has 0 spiro atoms. The molecule has 26 heavy (non-hydrogen) atoms. The number of nitrogens with zero attached hydrogens (tertiary/aromatic N) is 5. The zero-order valence-electron chi connectivity index (χ0n) is 14.4. The number of carboxylic acid groups (broad SMARTS) is 1. The Labute approximate surface area is 161 Å². The van der Waals surface area contributed by atoms with Crippen molar-refractivity contribution in [2.75, 3.05) is 26.2 Å². The van der Waals surface area contributed by atoms with E-state index >= 15 is 0 Å². The van der Waals surface area contributed by atoms with Gasteiger partial charge >= 0.3 is 5.97 Å². The zero-order chi connectivity index (χ0) is 17.6. The Morgan fingerprint density at radius 2 is 2.38 bits per heavy atom. The number of carboxylic acids is 1. The lowest BCUT2D eigenvalue weighted by molar-refractivity contribution is -0.143. The van der Waals surface area contributed by atoms with Crippen LogP contribution in [0.1, 0.15) is 23.5 Å². The fourth-order valence-electron chi connectivity index (χ4n) is 2.86. The normalized spacial score (nSPS) is 18.3. The van der Waals surface area contributed by atoms with Crippen LogP contribution in [0.5, 0.6) is 0 Å². The van der Waals surface area contributed by atoms with E-state index in [9.17, 15) is 4.79 Å². The molecule has 3 rings (SSSR count). The van der Waals surface area contributed by atoms with Crippen molar-refractivity contribution >= 4 is 35.4 Å². The van der Waals surface area contributed by atoms with Crippen molar-refractivity contribution in [1.82, 2.24) is 19.7 Å². The van der Waals surface area contributed by atoms with Gasteiger partial charge in [-0.3, -0.25) is 9.69 Å². The van der Waals surface area contributed by atoms with Gasteiger partial charge in [0.1, 0.15) is 12.9 Å². The summed E-state index contributed by atoms with van der Waals surface area (Å²) in [5, 5.41) is 19.5. The van der Waals surface area contributed by atoms with E-state index < -0.39 is 5.97 Å². The van der Waals surface area contributed by atoms with Gasteiger partial charge in [0.25, 0.3) is 0 Å². The summed E-state index contributed by atoms with van der Waals surface area (Å²) in [7, 11) is 1.81. The van der Waals surface area contributed by atoms with Gasteiger partial charge in [0.15, 0.2) is 11.5 Å². The van der Waals surface area contributed by atoms with Crippen LogP contribution in [-0.4, -0.2) is 62.7 Å². The zero-order valence-corrected chi connectivity index (χ0v) is 16.1. The topological polar surface area (TPSA) is 92.8 Å². The highest BCUT2D eigenvalue weighted by Crippen LogP contribution is 2.17. The van der Waals surface area contributed by atoms with Crippen molar-refractivity contribution in [2.45, 2.75) is 12.8 Å². The van der Waals surface area contributed by atoms with E-state index in [2.05, 4.69) is 20.1 Å². The minimum Gasteiger partial charge on any atom is -0.481 e. The average Bonchev–Trinajstić information content (AvgIpc) is 3.27. The maximum atomic E-state index is 11.1. The molecular weight excluding hydrogens is 378 g/mol. The first-order valence-electron chi connectivity index (χ1n) is 8.18. The van der Waals surface area contributed by atoms with E-state index in [0.717, 1.165) is 24.3 Å². The molecule has 1 fully saturated rings. The van der Waals surface area contributed by atoms with Crippen LogP contribution in [0.3, 0.4) is 0 Å². The number of aliphatic carboxylic acids is 1. The van der Waals surface area contributed by atoms with E-state index in [1.54, 1.807) is 16.0 Å². The van der Waals surface area contributed by atoms with Crippen LogP contribution in [0.15, 0.2) is 29.0 Å². The highest BCUT2D eigenvalue weighted by atomic mass is 35.5. The Morgan fingerprint density at radius 3 is 3.04 bits per heavy atom. The van der Waals surface area contributed by atoms with Crippen LogP contribution in [0.4, 0.5) is 0 Å². The highest BCUT2D eigenvalue weighted by Gasteiger charge is 2.25. The Morgan fingerprint density at radius 1 is 1.54 bits per heavy atom. The van der Waals surface area contributed by atoms with Crippen LogP contribution < -0.4 is 0 Å². The molecule has 1 N–H and O–H groups in total. The summed E-state index contributed by atoms with van der Waals surface area (Å²) < 4.78 is 1.66. The van der Waals surface area contributed by atoms with Crippen LogP contribution in [-0.2, 0) is 16.7 Å². The smallest absolute Gasteiger partial charge is 0.307 e. The van der Waals surface area contributed by atoms with Crippen molar-refractivity contribution in [3.63, 3.8) is 0 Å². The largest absolute Gasteiger partial charge is 0.481 e. The summed E-state index contributed by atoms with van der Waals surface area (Å²) in [5.74, 6) is -0.352. The summed E-state index contributed by atoms with van der Waals surface area (Å²) in [6.45, 7) is 2.53. The predicted octanol–water partition coefficient (Wildman–Crippen LogP) is 1.86. The second-order valence-electron chi connectivity index (χ2n) is 5.94. The molecule has 1 aliphatic heterocycles. The fourth-order valence-corrected chi connectivity index (χ4v) is 3.56. The summed E-state index contributed by atoms with van der Waals surface area (Å²) in [6.07, 6.45) is 3.14. The van der Waals surface area contributed by atoms with Gasteiger partial charge in [-0.1, -0.05) is 11.2 Å². The molecule has 3 heterocycles. The molecule has 1 saturated heterocycles. The monoisotopic (exact) mass is 399 g/mol. The van der Waals surface area contributed by atoms with E-state index in [4.69, 9.17) is 9.94 Å². The SMILES string of the molecule is Cl.Cn1ncnc1C(=NOCCN1CCCC(C(=O)O)C1)c1cccs1. The van der Waals surface area contributed by atoms with E-state index in [0.29, 0.717) is 31.2 Å². The molecule has 0 aliphatic carbocycles. The van der Waals surface area contributed by atoms with Gasteiger partial charge in [0.2, 0.25) is 0 Å². The standard InChI is InChI=1S/C16H21N5O3S.ClH/c1-20-15(17-11-18-20)14(13-5-3-9-25-13)19-24-8-7-21-6-2-4-12(10-21)16(22)23;/h3,5,9,11-12H,2,4,6-8,10H2,1H3,(H,22,23);1H. The lowest BCUT2D eigenvalue weighted by atomic mass is 9.98. The van der Waals surface area contributed by atoms with Gasteiger partial charge in [0, 0.05) is 20.1 Å². The summed E-state index contributed by atoms with van der Waals surface area (Å²) in [6, 6.07) is 3.91. The summed E-state index contributed by atoms with van der Waals surface area (Å²) in [4.78, 5) is 24.0. The van der Waals surface area contributed by atoms with Crippen molar-refractivity contribution in [1.29, 1.82) is 0 Å².